The molecule has 4 saturated carbocycles. The molecule has 99 heavy (non-hydrogen) atoms. The Hall–Kier alpha value is -6.54. The van der Waals surface area contributed by atoms with E-state index >= 15 is 0 Å². The van der Waals surface area contributed by atoms with E-state index in [4.69, 9.17) is 47.5 Å². The van der Waals surface area contributed by atoms with Gasteiger partial charge in [-0.3, -0.25) is 43.1 Å². The lowest BCUT2D eigenvalue weighted by Gasteiger charge is -2.29. The molecule has 27 heteroatoms. The number of carboxylic acid groups (broad SMARTS) is 1. The van der Waals surface area contributed by atoms with Crippen LogP contribution in [0.5, 0.6) is 0 Å². The average molecular weight is 1450 g/mol. The Bertz CT molecular complexity index is 3840. The fourth-order valence-corrected chi connectivity index (χ4v) is 17.2. The smallest absolute Gasteiger partial charge is 0.310 e. The van der Waals surface area contributed by atoms with Gasteiger partial charge in [0, 0.05) is 71.5 Å². The molecular formula is C72H94Cl2N6O17S2. The van der Waals surface area contributed by atoms with Crippen molar-refractivity contribution in [2.45, 2.75) is 241 Å². The second kappa shape index (κ2) is 29.8. The van der Waals surface area contributed by atoms with Crippen LogP contribution in [-0.4, -0.2) is 148 Å². The minimum Gasteiger partial charge on any atom is -0.481 e. The van der Waals surface area contributed by atoms with Crippen LogP contribution in [-0.2, 0) is 77.6 Å². The number of oxime groups is 2. The number of carbonyl (C=O) groups is 8. The van der Waals surface area contributed by atoms with Gasteiger partial charge in [-0.05, 0) is 155 Å². The Morgan fingerprint density at radius 1 is 0.606 bits per heavy atom. The van der Waals surface area contributed by atoms with Gasteiger partial charge in [-0.2, -0.15) is 0 Å². The number of nitrogens with one attached hydrogen (secondary N) is 1. The highest BCUT2D eigenvalue weighted by Crippen LogP contribution is 2.59. The highest BCUT2D eigenvalue weighted by atomic mass is 35.5. The molecule has 3 amide bonds. The first-order valence-electron chi connectivity index (χ1n) is 34.8. The molecule has 2 aromatic carbocycles. The van der Waals surface area contributed by atoms with Crippen LogP contribution in [0.1, 0.15) is 207 Å². The Morgan fingerprint density at radius 3 is 1.42 bits per heavy atom. The third kappa shape index (κ3) is 19.0. The number of benzene rings is 2. The van der Waals surface area contributed by atoms with E-state index in [9.17, 15) is 60.3 Å². The summed E-state index contributed by atoms with van der Waals surface area (Å²) in [6.45, 7) is 10.9. The van der Waals surface area contributed by atoms with Crippen molar-refractivity contribution in [2.75, 3.05) is 13.1 Å². The zero-order chi connectivity index (χ0) is 71.7. The van der Waals surface area contributed by atoms with Gasteiger partial charge in [0.2, 0.25) is 37.8 Å². The predicted octanol–water partition coefficient (Wildman–Crippen LogP) is 10.4. The number of nitrogens with zero attached hydrogens (tertiary/aromatic N) is 4. The van der Waals surface area contributed by atoms with Crippen LogP contribution in [0, 0.1) is 34.5 Å². The molecule has 6 heterocycles. The number of sulfonamides is 2. The van der Waals surface area contributed by atoms with Crippen molar-refractivity contribution < 1.29 is 79.4 Å². The van der Waals surface area contributed by atoms with Crippen LogP contribution in [0.2, 0.25) is 10.0 Å². The summed E-state index contributed by atoms with van der Waals surface area (Å²) in [5.41, 5.74) is -2.85. The van der Waals surface area contributed by atoms with Gasteiger partial charge < -0.3 is 34.1 Å². The molecule has 2 aromatic rings. The first kappa shape index (κ1) is 75.1. The third-order valence-electron chi connectivity index (χ3n) is 20.4. The zero-order valence-electron chi connectivity index (χ0n) is 57.3. The lowest BCUT2D eigenvalue weighted by molar-refractivity contribution is -0.159. The van der Waals surface area contributed by atoms with E-state index in [0.29, 0.717) is 79.3 Å². The Morgan fingerprint density at radius 2 is 1.03 bits per heavy atom. The van der Waals surface area contributed by atoms with Gasteiger partial charge in [0.1, 0.15) is 11.2 Å². The van der Waals surface area contributed by atoms with Gasteiger partial charge >= 0.3 is 17.9 Å². The predicted molar refractivity (Wildman–Crippen MR) is 370 cm³/mol. The first-order chi connectivity index (χ1) is 46.5. The number of carboxylic acids is 1. The SMILES string of the molecule is CC(C)(C)OC(=O)C[C@H]1CCCCC/C=C\[C@@H]2C[C@@]2(C(=O)NS(=O)(=O)C2CC2)CC(=O)[C@@H]2C[C@]3(CC(c4cccc(Cl)c4)=NO3)CN2C1=O.CC(C)(C)OC(=O)C[C@H]1CCCCC/C=C\[C@@H]2C[C@@]2(C(=O)O)CC(=O)[C@@H]2C[C@]3(CC(c4cccc(Cl)c4)=NO3)CN2C1=O.NS(=O)(=O)C1CC1. The number of aliphatic carboxylic acids is 1. The number of rotatable bonds is 11. The second-order valence-corrected chi connectivity index (χ2v) is 35.6. The summed E-state index contributed by atoms with van der Waals surface area (Å²) >= 11 is 12.5. The lowest BCUT2D eigenvalue weighted by Crippen LogP contribution is -2.47. The van der Waals surface area contributed by atoms with Crippen LogP contribution in [0.25, 0.3) is 0 Å². The standard InChI is InChI=1S/C36H46ClN3O8S.C33H41ClN2O7.C3H7NO2S/c1-34(2,3)47-31(42)17-24-10-7-5-4-6-8-12-25-18-36(25,33(44)39-49(45,46)27-14-15-27)21-30(41)29-20-35(22-40(29)32(24)43)19-28(38-48-35)23-11-9-13-26(37)16-23;1-31(2,3)42-28(38)15-22-10-7-5-4-6-8-12-23-16-33(23,30(40)41)19-27(37)26-18-32(20-36(26)29(22)39)17-25(35-43-32)21-11-9-13-24(34)14-21;4-7(5,6)3-1-2-3/h8-9,11-13,16,24-25,27,29H,4-7,10,14-15,17-22H2,1-3H3,(H,39,44);8-9,11-14,22-23,26H,4-7,10,15-20H2,1-3H3,(H,40,41);3H,1-2H2,(H2,4,5,6)/b2*12-8-;/t24-,25-,29+,35-,36-;22-,23-,26+,32-,33-;/m11./s1. The number of ether oxygens (including phenoxy) is 2. The maximum Gasteiger partial charge on any atom is 0.310 e. The molecule has 2 spiro atoms. The van der Waals surface area contributed by atoms with E-state index in [1.54, 1.807) is 65.8 Å². The number of esters is 2. The highest BCUT2D eigenvalue weighted by molar-refractivity contribution is 7.91. The van der Waals surface area contributed by atoms with Crippen molar-refractivity contribution in [1.82, 2.24) is 14.5 Å². The van der Waals surface area contributed by atoms with Gasteiger partial charge in [-0.1, -0.05) is 108 Å². The van der Waals surface area contributed by atoms with Gasteiger partial charge in [-0.15, -0.1) is 0 Å². The summed E-state index contributed by atoms with van der Waals surface area (Å²) < 4.78 is 59.4. The topological polar surface area (TPSA) is 331 Å². The minimum absolute atomic E-state index is 0.0687. The molecule has 12 rings (SSSR count). The van der Waals surface area contributed by atoms with Crippen LogP contribution in [0.3, 0.4) is 0 Å². The quantitative estimate of drug-likeness (QED) is 0.139. The fraction of sp³-hybridized carbons (Fsp3) is 0.639. The first-order valence-corrected chi connectivity index (χ1v) is 38.7. The van der Waals surface area contributed by atoms with Crippen molar-refractivity contribution in [3.05, 3.63) is 94.0 Å². The third-order valence-corrected chi connectivity index (χ3v) is 24.1. The molecule has 4 N–H and O–H groups in total. The number of carbonyl (C=O) groups excluding carboxylic acids is 7. The van der Waals surface area contributed by atoms with Crippen molar-refractivity contribution in [1.29, 1.82) is 0 Å². The van der Waals surface area contributed by atoms with Crippen LogP contribution in [0.15, 0.2) is 83.1 Å². The Balaban J connectivity index is 0.000000196. The lowest BCUT2D eigenvalue weighted by atomic mass is 9.87. The maximum atomic E-state index is 14.5. The molecule has 0 aromatic heterocycles. The molecule has 10 atom stereocenters. The summed E-state index contributed by atoms with van der Waals surface area (Å²) in [5.74, 6) is -5.77. The van der Waals surface area contributed by atoms with Gasteiger partial charge in [0.05, 0.1) is 70.8 Å². The summed E-state index contributed by atoms with van der Waals surface area (Å²) in [6.07, 6.45) is 18.9. The Kier molecular flexibility index (Phi) is 22.6. The number of amides is 3. The molecule has 0 radical (unpaired) electrons. The molecule has 0 bridgehead atoms. The number of allylic oxidation sites excluding steroid dienone is 4. The van der Waals surface area contributed by atoms with E-state index in [-0.39, 0.29) is 92.1 Å². The zero-order valence-corrected chi connectivity index (χ0v) is 60.5. The van der Waals surface area contributed by atoms with Gasteiger partial charge in [-0.25, -0.2) is 22.0 Å². The van der Waals surface area contributed by atoms with Crippen molar-refractivity contribution in [2.24, 2.45) is 50.0 Å². The number of hydrogen-bond acceptors (Lipinski definition) is 18. The molecule has 540 valence electrons. The molecule has 2 saturated heterocycles. The van der Waals surface area contributed by atoms with Crippen LogP contribution >= 0.6 is 23.2 Å². The van der Waals surface area contributed by atoms with Crippen LogP contribution in [0.4, 0.5) is 0 Å². The number of fused-ring (bicyclic) bond motifs is 4. The Labute approximate surface area is 590 Å². The van der Waals surface area contributed by atoms with E-state index < -0.39 is 106 Å². The number of hydrogen-bond donors (Lipinski definition) is 3. The van der Waals surface area contributed by atoms with Crippen molar-refractivity contribution in [3.63, 3.8) is 0 Å². The maximum absolute atomic E-state index is 14.5. The summed E-state index contributed by atoms with van der Waals surface area (Å²) in [7, 11) is -6.96. The summed E-state index contributed by atoms with van der Waals surface area (Å²) in [6, 6.07) is 12.6. The monoisotopic (exact) mass is 1450 g/mol. The number of primary sulfonamides is 1. The molecule has 6 fully saturated rings. The fourth-order valence-electron chi connectivity index (χ4n) is 14.6. The van der Waals surface area contributed by atoms with Gasteiger partial charge in [0.25, 0.3) is 0 Å². The second-order valence-electron chi connectivity index (χ2n) is 31.0. The van der Waals surface area contributed by atoms with E-state index in [2.05, 4.69) is 15.0 Å². The number of nitrogens with two attached hydrogens (primary N) is 1. The van der Waals surface area contributed by atoms with E-state index in [1.165, 1.54) is 9.80 Å². The minimum atomic E-state index is -3.83. The molecule has 0 unspecified atom stereocenters. The van der Waals surface area contributed by atoms with Crippen LogP contribution < -0.4 is 9.86 Å². The van der Waals surface area contributed by atoms with Gasteiger partial charge in [0.15, 0.2) is 22.8 Å². The molecule has 4 aliphatic carbocycles. The largest absolute Gasteiger partial charge is 0.481 e. The molecule has 6 aliphatic heterocycles. The van der Waals surface area contributed by atoms with E-state index in [0.717, 1.165) is 68.9 Å². The highest BCUT2D eigenvalue weighted by Gasteiger charge is 2.65. The number of ketones is 2. The normalized spacial score (nSPS) is 31.1. The average Bonchev–Trinajstić information content (AvgIpc) is 1.55. The number of Topliss-reactive ketones (excluding diaryl/α,β-unsaturated/α-hetero) is 2. The number of halogens is 2. The summed E-state index contributed by atoms with van der Waals surface area (Å²) in [4.78, 5) is 124. The van der Waals surface area contributed by atoms with Crippen molar-refractivity contribution in [3.8, 4) is 0 Å². The van der Waals surface area contributed by atoms with Crippen molar-refractivity contribution >= 4 is 102 Å². The molecule has 10 aliphatic rings. The molecule has 23 nitrogen and oxygen atoms in total. The van der Waals surface area contributed by atoms with E-state index in [1.807, 2.05) is 48.6 Å². The molecular weight excluding hydrogens is 1360 g/mol. The summed E-state index contributed by atoms with van der Waals surface area (Å²) in [5, 5.41) is 23.9.